The van der Waals surface area contributed by atoms with Gasteiger partial charge in [-0.3, -0.25) is 14.3 Å². The van der Waals surface area contributed by atoms with Crippen molar-refractivity contribution in [1.29, 1.82) is 0 Å². The number of carbonyl (C=O) groups is 1. The van der Waals surface area contributed by atoms with E-state index in [1.807, 2.05) is 13.8 Å². The monoisotopic (exact) mass is 454 g/mol. The summed E-state index contributed by atoms with van der Waals surface area (Å²) >= 11 is 1.45. The van der Waals surface area contributed by atoms with Crippen LogP contribution in [0, 0.1) is 12.7 Å². The Morgan fingerprint density at radius 2 is 2.00 bits per heavy atom. The molecule has 8 nitrogen and oxygen atoms in total. The lowest BCUT2D eigenvalue weighted by atomic mass is 10.1. The molecule has 1 amide bonds. The summed E-state index contributed by atoms with van der Waals surface area (Å²) in [6, 6.07) is 12.6. The molecule has 4 aromatic rings. The molecule has 0 saturated carbocycles. The average Bonchev–Trinajstić information content (AvgIpc) is 3.38. The van der Waals surface area contributed by atoms with Gasteiger partial charge in [0, 0.05) is 5.56 Å². The first-order chi connectivity index (χ1) is 15.4. The number of para-hydroxylation sites is 1. The molecule has 32 heavy (non-hydrogen) atoms. The third-order valence-corrected chi connectivity index (χ3v) is 6.03. The zero-order chi connectivity index (χ0) is 22.7. The fourth-order valence-corrected chi connectivity index (χ4v) is 4.19. The number of thiazole rings is 1. The summed E-state index contributed by atoms with van der Waals surface area (Å²) in [6.45, 7) is 3.69. The number of ether oxygens (including phenoxy) is 1. The first-order valence-corrected chi connectivity index (χ1v) is 10.5. The predicted octanol–water partition coefficient (Wildman–Crippen LogP) is 4.00. The van der Waals surface area contributed by atoms with Crippen molar-refractivity contribution in [2.45, 2.75) is 26.5 Å². The summed E-state index contributed by atoms with van der Waals surface area (Å²) < 4.78 is 23.3. The van der Waals surface area contributed by atoms with Gasteiger partial charge in [0.15, 0.2) is 5.82 Å². The number of carbonyl (C=O) groups excluding carboxylic acids is 1. The van der Waals surface area contributed by atoms with Gasteiger partial charge >= 0.3 is 5.76 Å². The molecular formula is C22H19FN4O4S. The summed E-state index contributed by atoms with van der Waals surface area (Å²) in [6.07, 6.45) is 0. The Morgan fingerprint density at radius 1 is 1.25 bits per heavy atom. The number of hydrogen-bond acceptors (Lipinski definition) is 7. The van der Waals surface area contributed by atoms with Gasteiger partial charge in [0.1, 0.15) is 23.2 Å². The Morgan fingerprint density at radius 3 is 2.72 bits per heavy atom. The van der Waals surface area contributed by atoms with Crippen molar-refractivity contribution in [1.82, 2.24) is 20.4 Å². The smallest absolute Gasteiger partial charge is 0.439 e. The van der Waals surface area contributed by atoms with Crippen LogP contribution in [-0.4, -0.2) is 21.0 Å². The van der Waals surface area contributed by atoms with E-state index in [4.69, 9.17) is 4.74 Å². The van der Waals surface area contributed by atoms with E-state index < -0.39 is 5.76 Å². The third kappa shape index (κ3) is 4.75. The van der Waals surface area contributed by atoms with E-state index in [-0.39, 0.29) is 30.2 Å². The van der Waals surface area contributed by atoms with Crippen LogP contribution in [0.4, 0.5) is 4.39 Å². The number of rotatable bonds is 7. The molecule has 1 atom stereocenters. The van der Waals surface area contributed by atoms with E-state index in [1.54, 1.807) is 36.4 Å². The molecule has 0 saturated heterocycles. The van der Waals surface area contributed by atoms with E-state index >= 15 is 0 Å². The molecule has 10 heteroatoms. The number of nitrogens with zero attached hydrogens (tertiary/aromatic N) is 2. The van der Waals surface area contributed by atoms with E-state index in [1.165, 1.54) is 23.5 Å². The highest BCUT2D eigenvalue weighted by Crippen LogP contribution is 2.32. The molecule has 1 unspecified atom stereocenters. The summed E-state index contributed by atoms with van der Waals surface area (Å²) in [7, 11) is 0. The van der Waals surface area contributed by atoms with Crippen molar-refractivity contribution in [3.05, 3.63) is 86.9 Å². The van der Waals surface area contributed by atoms with E-state index in [0.717, 1.165) is 21.1 Å². The van der Waals surface area contributed by atoms with Gasteiger partial charge < -0.3 is 10.1 Å². The lowest BCUT2D eigenvalue weighted by molar-refractivity contribution is 0.0935. The van der Waals surface area contributed by atoms with Crippen LogP contribution >= 0.6 is 11.3 Å². The van der Waals surface area contributed by atoms with Gasteiger partial charge in [0.25, 0.3) is 5.91 Å². The molecule has 2 N–H and O–H groups in total. The lowest BCUT2D eigenvalue weighted by Gasteiger charge is -2.15. The number of H-pyrrole nitrogens is 1. The zero-order valence-electron chi connectivity index (χ0n) is 17.2. The molecule has 2 aromatic carbocycles. The molecule has 0 aliphatic rings. The first kappa shape index (κ1) is 21.4. The topological polar surface area (TPSA) is 110 Å². The third-order valence-electron chi connectivity index (χ3n) is 4.65. The Hall–Kier alpha value is -3.79. The number of aromatic amines is 1. The number of hydrogen-bond donors (Lipinski definition) is 2. The normalized spacial score (nSPS) is 11.8. The number of halogens is 1. The summed E-state index contributed by atoms with van der Waals surface area (Å²) in [5, 5.41) is 7.26. The van der Waals surface area contributed by atoms with Gasteiger partial charge in [-0.25, -0.2) is 14.2 Å². The van der Waals surface area contributed by atoms with Gasteiger partial charge in [0.2, 0.25) is 0 Å². The Kier molecular flexibility index (Phi) is 6.13. The van der Waals surface area contributed by atoms with E-state index in [2.05, 4.69) is 25.0 Å². The minimum atomic E-state index is -0.677. The SMILES string of the molecule is Cc1nc(-c2ccc(F)cc2)sc1C(C)NC(=O)c1ccccc1OCc1noc(=O)[nH]1. The van der Waals surface area contributed by atoms with Crippen LogP contribution in [0.1, 0.15) is 39.7 Å². The fraction of sp³-hybridized carbons (Fsp3) is 0.182. The maximum absolute atomic E-state index is 13.2. The highest BCUT2D eigenvalue weighted by molar-refractivity contribution is 7.15. The van der Waals surface area contributed by atoms with Crippen LogP contribution in [0.3, 0.4) is 0 Å². The first-order valence-electron chi connectivity index (χ1n) is 9.71. The Labute approximate surface area is 186 Å². The molecule has 0 bridgehead atoms. The van der Waals surface area contributed by atoms with Crippen molar-refractivity contribution >= 4 is 17.2 Å². The van der Waals surface area contributed by atoms with Crippen molar-refractivity contribution < 1.29 is 18.4 Å². The Bertz CT molecular complexity index is 1300. The van der Waals surface area contributed by atoms with Gasteiger partial charge in [-0.2, -0.15) is 0 Å². The minimum Gasteiger partial charge on any atom is -0.485 e. The minimum absolute atomic E-state index is 0.0550. The maximum Gasteiger partial charge on any atom is 0.439 e. The molecule has 0 aliphatic carbocycles. The van der Waals surface area contributed by atoms with E-state index in [0.29, 0.717) is 11.3 Å². The number of aryl methyl sites for hydroxylation is 1. The van der Waals surface area contributed by atoms with Crippen molar-refractivity contribution in [2.75, 3.05) is 0 Å². The van der Waals surface area contributed by atoms with Crippen molar-refractivity contribution in [2.24, 2.45) is 0 Å². The average molecular weight is 454 g/mol. The van der Waals surface area contributed by atoms with Crippen LogP contribution in [0.15, 0.2) is 57.8 Å². The van der Waals surface area contributed by atoms with Crippen LogP contribution in [0.5, 0.6) is 5.75 Å². The molecule has 0 radical (unpaired) electrons. The zero-order valence-corrected chi connectivity index (χ0v) is 18.0. The quantitative estimate of drug-likeness (QED) is 0.437. The Balaban J connectivity index is 1.48. The van der Waals surface area contributed by atoms with Crippen LogP contribution in [-0.2, 0) is 6.61 Å². The van der Waals surface area contributed by atoms with Gasteiger partial charge in [-0.1, -0.05) is 17.3 Å². The number of amides is 1. The van der Waals surface area contributed by atoms with E-state index in [9.17, 15) is 14.0 Å². The molecular weight excluding hydrogens is 435 g/mol. The second-order valence-electron chi connectivity index (χ2n) is 7.00. The van der Waals surface area contributed by atoms with Gasteiger partial charge in [0.05, 0.1) is 22.2 Å². The van der Waals surface area contributed by atoms with Crippen molar-refractivity contribution in [3.8, 4) is 16.3 Å². The molecule has 2 heterocycles. The fourth-order valence-electron chi connectivity index (χ4n) is 3.11. The number of benzene rings is 2. The second-order valence-corrected chi connectivity index (χ2v) is 8.03. The largest absolute Gasteiger partial charge is 0.485 e. The van der Waals surface area contributed by atoms with Gasteiger partial charge in [-0.15, -0.1) is 11.3 Å². The predicted molar refractivity (Wildman–Crippen MR) is 116 cm³/mol. The molecule has 0 fully saturated rings. The highest BCUT2D eigenvalue weighted by Gasteiger charge is 2.20. The highest BCUT2D eigenvalue weighted by atomic mass is 32.1. The molecule has 2 aromatic heterocycles. The molecule has 164 valence electrons. The summed E-state index contributed by atoms with van der Waals surface area (Å²) in [5.74, 6) is -0.749. The van der Waals surface area contributed by atoms with Crippen LogP contribution in [0.25, 0.3) is 10.6 Å². The number of nitrogens with one attached hydrogen (secondary N) is 2. The standard InChI is InChI=1S/C22H19FN4O4S/c1-12(19-13(2)25-21(32-19)14-7-9-15(23)10-8-14)24-20(28)16-5-3-4-6-17(16)30-11-18-26-22(29)31-27-18/h3-10,12H,11H2,1-2H3,(H,24,28)(H,26,27,29). The summed E-state index contributed by atoms with van der Waals surface area (Å²) in [5.41, 5.74) is 1.95. The lowest BCUT2D eigenvalue weighted by Crippen LogP contribution is -2.27. The second kappa shape index (κ2) is 9.15. The molecule has 0 aliphatic heterocycles. The maximum atomic E-state index is 13.2. The van der Waals surface area contributed by atoms with Gasteiger partial charge in [-0.05, 0) is 50.2 Å². The van der Waals surface area contributed by atoms with Crippen LogP contribution < -0.4 is 15.8 Å². The molecule has 4 rings (SSSR count). The van der Waals surface area contributed by atoms with Crippen molar-refractivity contribution in [3.63, 3.8) is 0 Å². The van der Waals surface area contributed by atoms with Crippen LogP contribution in [0.2, 0.25) is 0 Å². The summed E-state index contributed by atoms with van der Waals surface area (Å²) in [4.78, 5) is 31.8. The molecule has 0 spiro atoms. The number of aromatic nitrogens is 3.